The number of carbonyl (C=O) groups excluding carboxylic acids is 2. The SMILES string of the molecule is CCCCC/C=C\C/C=C\C/C=C\CCCCCCCCC(=O)OCC(O)COP(=O)(O)OCCNC(=O)CCCCCCCCCCC/C=C\C/C=C\CCCCC. The van der Waals surface area contributed by atoms with E-state index in [1.807, 2.05) is 0 Å². The van der Waals surface area contributed by atoms with E-state index in [0.717, 1.165) is 70.6 Å². The number of ether oxygens (including phenoxy) is 1. The summed E-state index contributed by atoms with van der Waals surface area (Å²) in [7, 11) is -4.43. The minimum atomic E-state index is -4.43. The van der Waals surface area contributed by atoms with Gasteiger partial charge in [-0.25, -0.2) is 4.57 Å². The lowest BCUT2D eigenvalue weighted by atomic mass is 10.1. The van der Waals surface area contributed by atoms with Crippen molar-refractivity contribution >= 4 is 19.7 Å². The van der Waals surface area contributed by atoms with E-state index in [4.69, 9.17) is 13.8 Å². The molecule has 10 heteroatoms. The van der Waals surface area contributed by atoms with Crippen molar-refractivity contribution in [2.45, 2.75) is 213 Å². The molecule has 0 saturated carbocycles. The Morgan fingerprint density at radius 3 is 1.37 bits per heavy atom. The summed E-state index contributed by atoms with van der Waals surface area (Å²) in [5.41, 5.74) is 0. The second kappa shape index (κ2) is 45.2. The molecule has 0 saturated heterocycles. The van der Waals surface area contributed by atoms with Gasteiger partial charge in [-0.05, 0) is 83.5 Å². The van der Waals surface area contributed by atoms with E-state index in [1.54, 1.807) is 0 Å². The lowest BCUT2D eigenvalue weighted by Crippen LogP contribution is -2.27. The summed E-state index contributed by atoms with van der Waals surface area (Å²) in [6, 6.07) is 0. The molecule has 1 amide bonds. The van der Waals surface area contributed by atoms with Gasteiger partial charge in [0.05, 0.1) is 13.2 Å². The van der Waals surface area contributed by atoms with Crippen molar-refractivity contribution in [3.8, 4) is 0 Å². The van der Waals surface area contributed by atoms with Crippen molar-refractivity contribution in [3.63, 3.8) is 0 Å². The van der Waals surface area contributed by atoms with E-state index < -0.39 is 26.5 Å². The zero-order valence-corrected chi connectivity index (χ0v) is 38.6. The topological polar surface area (TPSA) is 131 Å². The van der Waals surface area contributed by atoms with Crippen LogP contribution in [0.25, 0.3) is 0 Å². The first kappa shape index (κ1) is 56.7. The molecule has 0 aromatic heterocycles. The van der Waals surface area contributed by atoms with E-state index >= 15 is 0 Å². The highest BCUT2D eigenvalue weighted by Crippen LogP contribution is 2.42. The number of allylic oxidation sites excluding steroid dienone is 10. The zero-order valence-electron chi connectivity index (χ0n) is 37.7. The largest absolute Gasteiger partial charge is 0.472 e. The average Bonchev–Trinajstić information content (AvgIpc) is 3.22. The molecule has 0 fully saturated rings. The van der Waals surface area contributed by atoms with Crippen LogP contribution in [0.15, 0.2) is 60.8 Å². The molecular formula is C49H88NO8P. The van der Waals surface area contributed by atoms with E-state index in [1.165, 1.54) is 109 Å². The highest BCUT2D eigenvalue weighted by Gasteiger charge is 2.23. The van der Waals surface area contributed by atoms with Gasteiger partial charge >= 0.3 is 13.8 Å². The third-order valence-corrected chi connectivity index (χ3v) is 10.9. The Morgan fingerprint density at radius 2 is 0.915 bits per heavy atom. The zero-order chi connectivity index (χ0) is 43.2. The summed E-state index contributed by atoms with van der Waals surface area (Å²) in [5.74, 6) is -0.534. The number of nitrogens with one attached hydrogen (secondary N) is 1. The smallest absolute Gasteiger partial charge is 0.463 e. The first-order valence-electron chi connectivity index (χ1n) is 23.8. The lowest BCUT2D eigenvalue weighted by molar-refractivity contribution is -0.147. The number of aliphatic hydroxyl groups is 1. The van der Waals surface area contributed by atoms with Gasteiger partial charge in [-0.3, -0.25) is 18.6 Å². The van der Waals surface area contributed by atoms with Crippen LogP contribution in [0.3, 0.4) is 0 Å². The van der Waals surface area contributed by atoms with Crippen molar-refractivity contribution in [2.24, 2.45) is 0 Å². The Labute approximate surface area is 361 Å². The van der Waals surface area contributed by atoms with Gasteiger partial charge in [-0.1, -0.05) is 171 Å². The van der Waals surface area contributed by atoms with E-state index in [0.29, 0.717) is 6.42 Å². The van der Waals surface area contributed by atoms with Crippen LogP contribution in [-0.4, -0.2) is 54.3 Å². The first-order valence-corrected chi connectivity index (χ1v) is 25.3. The second-order valence-corrected chi connectivity index (χ2v) is 17.2. The van der Waals surface area contributed by atoms with Crippen LogP contribution in [-0.2, 0) is 27.9 Å². The minimum absolute atomic E-state index is 0.0755. The van der Waals surface area contributed by atoms with Crippen LogP contribution in [0.4, 0.5) is 0 Å². The highest BCUT2D eigenvalue weighted by molar-refractivity contribution is 7.47. The van der Waals surface area contributed by atoms with Gasteiger partial charge in [0.15, 0.2) is 0 Å². The molecule has 0 aromatic rings. The van der Waals surface area contributed by atoms with Crippen molar-refractivity contribution in [1.82, 2.24) is 5.32 Å². The molecule has 0 rings (SSSR count). The number of amides is 1. The minimum Gasteiger partial charge on any atom is -0.463 e. The van der Waals surface area contributed by atoms with E-state index in [-0.39, 0.29) is 32.1 Å². The van der Waals surface area contributed by atoms with Crippen LogP contribution in [0.5, 0.6) is 0 Å². The summed E-state index contributed by atoms with van der Waals surface area (Å²) >= 11 is 0. The Morgan fingerprint density at radius 1 is 0.525 bits per heavy atom. The molecular weight excluding hydrogens is 762 g/mol. The van der Waals surface area contributed by atoms with Gasteiger partial charge < -0.3 is 20.1 Å². The summed E-state index contributed by atoms with van der Waals surface area (Å²) in [6.45, 7) is 3.49. The lowest BCUT2D eigenvalue weighted by Gasteiger charge is -2.15. The van der Waals surface area contributed by atoms with Gasteiger partial charge in [0.2, 0.25) is 5.91 Å². The Bertz CT molecular complexity index is 1150. The Kier molecular flexibility index (Phi) is 43.5. The fourth-order valence-electron chi connectivity index (χ4n) is 6.30. The van der Waals surface area contributed by atoms with Gasteiger partial charge in [0.1, 0.15) is 12.7 Å². The molecule has 0 spiro atoms. The molecule has 2 atom stereocenters. The number of rotatable bonds is 44. The third-order valence-electron chi connectivity index (χ3n) is 9.92. The standard InChI is InChI=1S/C49H88NO8P/c1-3-5-7-9-11-13-15-17-19-21-23-25-27-29-31-33-35-37-39-41-48(52)50-43-44-57-59(54,55)58-46-47(51)45-56-49(53)42-40-38-36-34-32-30-28-26-24-22-20-18-16-14-12-10-8-6-4-2/h11-14,17-20,24,26,47,51H,3-10,15-16,21-23,25,27-46H2,1-2H3,(H,50,52)(H,54,55)/b13-11-,14-12-,19-17-,20-18-,26-24-. The van der Waals surface area contributed by atoms with Crippen LogP contribution < -0.4 is 5.32 Å². The highest BCUT2D eigenvalue weighted by atomic mass is 31.2. The van der Waals surface area contributed by atoms with Gasteiger partial charge in [-0.15, -0.1) is 0 Å². The monoisotopic (exact) mass is 850 g/mol. The fraction of sp³-hybridized carbons (Fsp3) is 0.755. The number of carbonyl (C=O) groups is 2. The van der Waals surface area contributed by atoms with Crippen molar-refractivity contribution in [1.29, 1.82) is 0 Å². The summed E-state index contributed by atoms with van der Waals surface area (Å²) in [6.07, 6.45) is 54.3. The van der Waals surface area contributed by atoms with Crippen molar-refractivity contribution < 1.29 is 37.9 Å². The molecule has 0 bridgehead atoms. The van der Waals surface area contributed by atoms with Crippen molar-refractivity contribution in [2.75, 3.05) is 26.4 Å². The first-order chi connectivity index (χ1) is 28.8. The quantitative estimate of drug-likeness (QED) is 0.0239. The molecule has 0 aliphatic carbocycles. The molecule has 0 radical (unpaired) electrons. The van der Waals surface area contributed by atoms with Crippen LogP contribution in [0.1, 0.15) is 206 Å². The van der Waals surface area contributed by atoms with Crippen LogP contribution >= 0.6 is 7.82 Å². The summed E-state index contributed by atoms with van der Waals surface area (Å²) in [4.78, 5) is 34.0. The van der Waals surface area contributed by atoms with Gasteiger partial charge in [0, 0.05) is 19.4 Å². The number of phosphoric acid groups is 1. The number of hydrogen-bond acceptors (Lipinski definition) is 7. The molecule has 0 aromatic carbocycles. The number of esters is 1. The van der Waals surface area contributed by atoms with Crippen LogP contribution in [0.2, 0.25) is 0 Å². The fourth-order valence-corrected chi connectivity index (χ4v) is 7.06. The molecule has 0 heterocycles. The van der Waals surface area contributed by atoms with Gasteiger partial charge in [-0.2, -0.15) is 0 Å². The molecule has 3 N–H and O–H groups in total. The predicted octanol–water partition coefficient (Wildman–Crippen LogP) is 13.7. The number of unbranched alkanes of at least 4 members (excludes halogenated alkanes) is 21. The number of hydrogen-bond donors (Lipinski definition) is 3. The molecule has 0 aliphatic rings. The summed E-state index contributed by atoms with van der Waals surface area (Å²) in [5, 5.41) is 12.7. The number of aliphatic hydroxyl groups excluding tert-OH is 1. The molecule has 2 unspecified atom stereocenters. The average molecular weight is 850 g/mol. The molecule has 0 aliphatic heterocycles. The van der Waals surface area contributed by atoms with Gasteiger partial charge in [0.25, 0.3) is 0 Å². The maximum Gasteiger partial charge on any atom is 0.472 e. The Hall–Kier alpha value is -2.29. The summed E-state index contributed by atoms with van der Waals surface area (Å²) < 4.78 is 26.9. The molecule has 342 valence electrons. The van der Waals surface area contributed by atoms with Crippen LogP contribution in [0, 0.1) is 0 Å². The number of phosphoric ester groups is 1. The second-order valence-electron chi connectivity index (χ2n) is 15.7. The predicted molar refractivity (Wildman–Crippen MR) is 247 cm³/mol. The van der Waals surface area contributed by atoms with E-state index in [2.05, 4.69) is 79.9 Å². The third kappa shape index (κ3) is 46.6. The molecule has 9 nitrogen and oxygen atoms in total. The molecule has 59 heavy (non-hydrogen) atoms. The van der Waals surface area contributed by atoms with Crippen molar-refractivity contribution in [3.05, 3.63) is 60.8 Å². The van der Waals surface area contributed by atoms with E-state index in [9.17, 15) is 24.2 Å². The maximum atomic E-state index is 12.1. The Balaban J connectivity index is 3.61. The normalized spacial score (nSPS) is 13.8. The maximum absolute atomic E-state index is 12.1.